The van der Waals surface area contributed by atoms with Gasteiger partial charge in [-0.25, -0.2) is 4.98 Å². The van der Waals surface area contributed by atoms with Crippen LogP contribution in [0.2, 0.25) is 0 Å². The van der Waals surface area contributed by atoms with Gasteiger partial charge in [0.1, 0.15) is 12.2 Å². The van der Waals surface area contributed by atoms with Gasteiger partial charge in [-0.1, -0.05) is 11.8 Å². The summed E-state index contributed by atoms with van der Waals surface area (Å²) in [6, 6.07) is 0.281. The fourth-order valence-corrected chi connectivity index (χ4v) is 2.61. The van der Waals surface area contributed by atoms with E-state index in [0.29, 0.717) is 12.3 Å². The van der Waals surface area contributed by atoms with E-state index in [4.69, 9.17) is 0 Å². The quantitative estimate of drug-likeness (QED) is 0.813. The Hall–Kier alpha value is -1.83. The van der Waals surface area contributed by atoms with Crippen molar-refractivity contribution in [2.45, 2.75) is 31.6 Å². The van der Waals surface area contributed by atoms with Crippen molar-refractivity contribution in [1.29, 1.82) is 0 Å². The maximum Gasteiger partial charge on any atom is 0.233 e. The Morgan fingerprint density at radius 2 is 2.35 bits per heavy atom. The minimum absolute atomic E-state index is 0.0321. The molecular formula is C12H18N6OS. The van der Waals surface area contributed by atoms with Gasteiger partial charge in [0.05, 0.1) is 12.3 Å². The van der Waals surface area contributed by atoms with Crippen LogP contribution in [0.15, 0.2) is 23.9 Å². The highest BCUT2D eigenvalue weighted by atomic mass is 32.2. The first-order valence-corrected chi connectivity index (χ1v) is 7.31. The molecule has 0 aromatic carbocycles. The van der Waals surface area contributed by atoms with Crippen LogP contribution in [0.3, 0.4) is 0 Å². The molecule has 0 atom stereocenters. The molecule has 0 fully saturated rings. The second kappa shape index (κ2) is 6.56. The molecule has 8 heteroatoms. The van der Waals surface area contributed by atoms with Crippen molar-refractivity contribution in [3.8, 4) is 0 Å². The number of nitrogens with one attached hydrogen (secondary N) is 1. The Bertz CT molecular complexity index is 550. The zero-order chi connectivity index (χ0) is 14.5. The minimum atomic E-state index is 0.0321. The average molecular weight is 294 g/mol. The summed E-state index contributed by atoms with van der Waals surface area (Å²) in [5.41, 5.74) is 0. The predicted octanol–water partition coefficient (Wildman–Crippen LogP) is 1.33. The van der Waals surface area contributed by atoms with Crippen LogP contribution in [-0.4, -0.2) is 48.3 Å². The third kappa shape index (κ3) is 3.60. The van der Waals surface area contributed by atoms with E-state index in [1.807, 2.05) is 4.57 Å². The average Bonchev–Trinajstić information content (AvgIpc) is 3.06. The fourth-order valence-electron chi connectivity index (χ4n) is 1.62. The number of H-pyrrole nitrogens is 1. The third-order valence-electron chi connectivity index (χ3n) is 2.79. The molecule has 2 aromatic heterocycles. The van der Waals surface area contributed by atoms with Gasteiger partial charge < -0.3 is 14.5 Å². The van der Waals surface area contributed by atoms with Gasteiger partial charge in [-0.3, -0.25) is 4.79 Å². The van der Waals surface area contributed by atoms with Crippen LogP contribution in [0.4, 0.5) is 0 Å². The Labute approximate surface area is 121 Å². The molecule has 0 spiro atoms. The summed E-state index contributed by atoms with van der Waals surface area (Å²) in [4.78, 5) is 20.8. The molecule has 0 radical (unpaired) electrons. The van der Waals surface area contributed by atoms with Gasteiger partial charge in [-0.05, 0) is 13.8 Å². The second-order valence-corrected chi connectivity index (χ2v) is 5.63. The van der Waals surface area contributed by atoms with Crippen LogP contribution in [0, 0.1) is 0 Å². The highest BCUT2D eigenvalue weighted by Crippen LogP contribution is 2.19. The highest BCUT2D eigenvalue weighted by Gasteiger charge is 2.14. The van der Waals surface area contributed by atoms with Crippen molar-refractivity contribution < 1.29 is 4.79 Å². The number of hydrogen-bond acceptors (Lipinski definition) is 5. The molecule has 0 saturated heterocycles. The Morgan fingerprint density at radius 3 is 3.00 bits per heavy atom. The molecule has 2 rings (SSSR count). The molecule has 0 aliphatic carbocycles. The lowest BCUT2D eigenvalue weighted by atomic mass is 10.4. The van der Waals surface area contributed by atoms with Crippen molar-refractivity contribution in [3.05, 3.63) is 24.5 Å². The number of carbonyl (C=O) groups is 1. The molecule has 0 aliphatic rings. The van der Waals surface area contributed by atoms with Gasteiger partial charge in [0, 0.05) is 25.5 Å². The van der Waals surface area contributed by atoms with E-state index in [-0.39, 0.29) is 11.9 Å². The lowest BCUT2D eigenvalue weighted by Crippen LogP contribution is -2.28. The van der Waals surface area contributed by atoms with E-state index in [2.05, 4.69) is 34.0 Å². The monoisotopic (exact) mass is 294 g/mol. The summed E-state index contributed by atoms with van der Waals surface area (Å²) in [6.45, 7) is 4.58. The lowest BCUT2D eigenvalue weighted by molar-refractivity contribution is -0.127. The van der Waals surface area contributed by atoms with Crippen molar-refractivity contribution >= 4 is 17.7 Å². The van der Waals surface area contributed by atoms with Gasteiger partial charge in [0.25, 0.3) is 0 Å². The summed E-state index contributed by atoms with van der Waals surface area (Å²) < 4.78 is 1.95. The third-order valence-corrected chi connectivity index (χ3v) is 3.73. The number of rotatable bonds is 6. The molecule has 2 aromatic rings. The van der Waals surface area contributed by atoms with Crippen LogP contribution in [0.25, 0.3) is 0 Å². The number of amides is 1. The summed E-state index contributed by atoms with van der Waals surface area (Å²) in [6.07, 6.45) is 5.10. The zero-order valence-corrected chi connectivity index (χ0v) is 12.6. The largest absolute Gasteiger partial charge is 0.347 e. The van der Waals surface area contributed by atoms with E-state index in [9.17, 15) is 4.79 Å². The van der Waals surface area contributed by atoms with Crippen LogP contribution >= 0.6 is 11.8 Å². The molecular weight excluding hydrogens is 276 g/mol. The van der Waals surface area contributed by atoms with E-state index in [1.54, 1.807) is 30.7 Å². The fraction of sp³-hybridized carbons (Fsp3) is 0.500. The topological polar surface area (TPSA) is 79.7 Å². The summed E-state index contributed by atoms with van der Waals surface area (Å²) in [5, 5.41) is 8.67. The van der Waals surface area contributed by atoms with Gasteiger partial charge in [-0.2, -0.15) is 0 Å². The van der Waals surface area contributed by atoms with Gasteiger partial charge in [0.15, 0.2) is 5.16 Å². The number of hydrogen-bond donors (Lipinski definition) is 1. The summed E-state index contributed by atoms with van der Waals surface area (Å²) >= 11 is 1.40. The van der Waals surface area contributed by atoms with Crippen LogP contribution in [0.5, 0.6) is 0 Å². The van der Waals surface area contributed by atoms with E-state index >= 15 is 0 Å². The molecule has 0 saturated carbocycles. The van der Waals surface area contributed by atoms with Gasteiger partial charge in [-0.15, -0.1) is 10.2 Å². The van der Waals surface area contributed by atoms with Crippen molar-refractivity contribution in [3.63, 3.8) is 0 Å². The molecule has 1 N–H and O–H groups in total. The van der Waals surface area contributed by atoms with Crippen molar-refractivity contribution in [2.75, 3.05) is 12.8 Å². The molecule has 108 valence electrons. The highest BCUT2D eigenvalue weighted by molar-refractivity contribution is 7.99. The first-order valence-electron chi connectivity index (χ1n) is 6.32. The van der Waals surface area contributed by atoms with Crippen molar-refractivity contribution in [1.82, 2.24) is 29.6 Å². The second-order valence-electron chi connectivity index (χ2n) is 4.69. The molecule has 0 unspecified atom stereocenters. The number of aromatic nitrogens is 5. The maximum atomic E-state index is 12.1. The Kier molecular flexibility index (Phi) is 4.78. The van der Waals surface area contributed by atoms with Crippen LogP contribution in [-0.2, 0) is 11.3 Å². The summed E-state index contributed by atoms with van der Waals surface area (Å²) in [5.74, 6) is 1.14. The van der Waals surface area contributed by atoms with Crippen molar-refractivity contribution in [2.24, 2.45) is 0 Å². The Balaban J connectivity index is 1.87. The zero-order valence-electron chi connectivity index (χ0n) is 11.8. The Morgan fingerprint density at radius 1 is 1.55 bits per heavy atom. The van der Waals surface area contributed by atoms with Gasteiger partial charge in [0.2, 0.25) is 5.91 Å². The number of aromatic amines is 1. The molecule has 20 heavy (non-hydrogen) atoms. The normalized spacial score (nSPS) is 11.0. The van der Waals surface area contributed by atoms with Crippen LogP contribution in [0.1, 0.15) is 25.7 Å². The molecule has 1 amide bonds. The first kappa shape index (κ1) is 14.6. The lowest BCUT2D eigenvalue weighted by Gasteiger charge is -2.15. The molecule has 0 bridgehead atoms. The molecule has 7 nitrogen and oxygen atoms in total. The van der Waals surface area contributed by atoms with E-state index in [1.165, 1.54) is 11.8 Å². The summed E-state index contributed by atoms with van der Waals surface area (Å²) in [7, 11) is 1.76. The smallest absolute Gasteiger partial charge is 0.233 e. The van der Waals surface area contributed by atoms with Crippen LogP contribution < -0.4 is 0 Å². The minimum Gasteiger partial charge on any atom is -0.347 e. The SMILES string of the molecule is CC(C)n1cnnc1SCC(=O)N(C)Cc1ncc[nH]1. The number of thioether (sulfide) groups is 1. The van der Waals surface area contributed by atoms with E-state index < -0.39 is 0 Å². The predicted molar refractivity (Wildman–Crippen MR) is 76.2 cm³/mol. The molecule has 2 heterocycles. The number of nitrogens with zero attached hydrogens (tertiary/aromatic N) is 5. The standard InChI is InChI=1S/C12H18N6OS/c1-9(2)18-8-15-16-12(18)20-7-11(19)17(3)6-10-13-4-5-14-10/h4-5,8-9H,6-7H2,1-3H3,(H,13,14). The number of imidazole rings is 1. The van der Waals surface area contributed by atoms with E-state index in [0.717, 1.165) is 11.0 Å². The first-order chi connectivity index (χ1) is 9.58. The number of carbonyl (C=O) groups excluding carboxylic acids is 1. The van der Waals surface area contributed by atoms with Gasteiger partial charge >= 0.3 is 0 Å². The molecule has 0 aliphatic heterocycles. The maximum absolute atomic E-state index is 12.1.